The molecular weight excluding hydrogens is 420 g/mol. The zero-order valence-electron chi connectivity index (χ0n) is 17.8. The van der Waals surface area contributed by atoms with Crippen LogP contribution in [0.1, 0.15) is 53.8 Å². The first-order chi connectivity index (χ1) is 15.1. The van der Waals surface area contributed by atoms with E-state index in [9.17, 15) is 29.7 Å². The second-order valence-corrected chi connectivity index (χ2v) is 9.38. The molecule has 9 heteroatoms. The smallest absolute Gasteiger partial charge is 0.209 e. The van der Waals surface area contributed by atoms with Crippen molar-refractivity contribution in [1.82, 2.24) is 0 Å². The fraction of sp³-hybridized carbons (Fsp3) is 0.609. The van der Waals surface area contributed by atoms with Crippen LogP contribution in [0.2, 0.25) is 0 Å². The maximum atomic E-state index is 14.1. The molecule has 1 aromatic rings. The van der Waals surface area contributed by atoms with Crippen molar-refractivity contribution in [1.29, 1.82) is 0 Å². The van der Waals surface area contributed by atoms with Gasteiger partial charge in [0.2, 0.25) is 5.79 Å². The van der Waals surface area contributed by atoms with Gasteiger partial charge < -0.3 is 29.5 Å². The summed E-state index contributed by atoms with van der Waals surface area (Å²) in [5.74, 6) is -5.53. The van der Waals surface area contributed by atoms with Crippen LogP contribution in [0.5, 0.6) is 5.75 Å². The van der Waals surface area contributed by atoms with Crippen LogP contribution < -0.4 is 0 Å². The highest BCUT2D eigenvalue weighted by molar-refractivity contribution is 6.20. The maximum Gasteiger partial charge on any atom is 0.209 e. The number of aromatic hydroxyl groups is 1. The Morgan fingerprint density at radius 3 is 2.69 bits per heavy atom. The second kappa shape index (κ2) is 7.16. The number of carbonyl (C=O) groups is 3. The van der Waals surface area contributed by atoms with E-state index in [1.165, 1.54) is 25.1 Å². The van der Waals surface area contributed by atoms with Crippen LogP contribution in [0.4, 0.5) is 0 Å². The zero-order chi connectivity index (χ0) is 23.0. The number of aliphatic hydroxyl groups excluding tert-OH is 2. The summed E-state index contributed by atoms with van der Waals surface area (Å²) in [5.41, 5.74) is -1.91. The molecule has 1 aliphatic carbocycles. The lowest BCUT2D eigenvalue weighted by Gasteiger charge is -2.61. The molecule has 32 heavy (non-hydrogen) atoms. The van der Waals surface area contributed by atoms with Crippen molar-refractivity contribution in [3.8, 4) is 5.75 Å². The van der Waals surface area contributed by atoms with Crippen molar-refractivity contribution in [2.75, 3.05) is 6.61 Å². The Morgan fingerprint density at radius 1 is 1.22 bits per heavy atom. The second-order valence-electron chi connectivity index (χ2n) is 9.38. The third kappa shape index (κ3) is 2.66. The van der Waals surface area contributed by atoms with E-state index in [4.69, 9.17) is 14.2 Å². The Kier molecular flexibility index (Phi) is 4.85. The molecule has 0 radical (unpaired) electrons. The monoisotopic (exact) mass is 446 g/mol. The standard InChI is InChI=1S/C23H26O9/c1-10(24)9-22-18(17(27)16-12(19(22)28)4-3-5-13(16)25)23(32-15-6-7-30-21(15)22)20(29)14(26)8-11(2)31-23/h3-5,11,14-15,18,20-21,25-26,29H,6-9H2,1-2H3/t11-,14+,15+,18+,20-,21-,22+,23+/m0/s1. The van der Waals surface area contributed by atoms with Gasteiger partial charge in [0.15, 0.2) is 11.6 Å². The molecule has 1 aromatic carbocycles. The van der Waals surface area contributed by atoms with E-state index in [-0.39, 0.29) is 42.1 Å². The molecule has 4 aliphatic rings. The lowest BCUT2D eigenvalue weighted by atomic mass is 9.52. The first kappa shape index (κ1) is 21.7. The number of phenols is 1. The summed E-state index contributed by atoms with van der Waals surface area (Å²) in [7, 11) is 0. The molecule has 3 aliphatic heterocycles. The molecule has 3 N–H and O–H groups in total. The topological polar surface area (TPSA) is 140 Å². The number of ketones is 3. The van der Waals surface area contributed by atoms with Gasteiger partial charge in [0.1, 0.15) is 17.6 Å². The van der Waals surface area contributed by atoms with Crippen LogP contribution in [0.3, 0.4) is 0 Å². The molecule has 3 fully saturated rings. The SMILES string of the molecule is CC(=O)C[C@]12C(=O)c3cccc(O)c3C(=O)[C@H]1[C@@]1(O[C@@H](C)C[C@@H](O)[C@@H]1O)O[C@@H]1CCO[C@@H]12. The van der Waals surface area contributed by atoms with Gasteiger partial charge in [-0.25, -0.2) is 0 Å². The molecule has 0 unspecified atom stereocenters. The molecule has 8 atom stereocenters. The minimum atomic E-state index is -2.08. The Bertz CT molecular complexity index is 1010. The van der Waals surface area contributed by atoms with E-state index in [1.807, 2.05) is 0 Å². The Morgan fingerprint density at radius 2 is 1.97 bits per heavy atom. The molecule has 0 aromatic heterocycles. The number of rotatable bonds is 2. The van der Waals surface area contributed by atoms with Crippen LogP contribution >= 0.6 is 0 Å². The van der Waals surface area contributed by atoms with E-state index in [1.54, 1.807) is 6.92 Å². The fourth-order valence-electron chi connectivity index (χ4n) is 6.26. The Balaban J connectivity index is 1.83. The summed E-state index contributed by atoms with van der Waals surface area (Å²) in [4.78, 5) is 40.6. The quantitative estimate of drug-likeness (QED) is 0.601. The number of hydrogen-bond acceptors (Lipinski definition) is 9. The van der Waals surface area contributed by atoms with Crippen LogP contribution in [-0.2, 0) is 19.0 Å². The highest BCUT2D eigenvalue weighted by Crippen LogP contribution is 2.60. The van der Waals surface area contributed by atoms with Gasteiger partial charge in [-0.3, -0.25) is 14.4 Å². The number of Topliss-reactive ketones (excluding diaryl/α,β-unsaturated/α-hetero) is 3. The van der Waals surface area contributed by atoms with Crippen molar-refractivity contribution in [3.63, 3.8) is 0 Å². The van der Waals surface area contributed by atoms with Gasteiger partial charge in [0.25, 0.3) is 0 Å². The third-order valence-electron chi connectivity index (χ3n) is 7.29. The Hall–Kier alpha value is -2.17. The van der Waals surface area contributed by atoms with Gasteiger partial charge in [0, 0.05) is 25.0 Å². The lowest BCUT2D eigenvalue weighted by molar-refractivity contribution is -0.398. The molecule has 9 nitrogen and oxygen atoms in total. The summed E-state index contributed by atoms with van der Waals surface area (Å²) >= 11 is 0. The van der Waals surface area contributed by atoms with Gasteiger partial charge in [-0.15, -0.1) is 0 Å². The van der Waals surface area contributed by atoms with E-state index < -0.39 is 59.2 Å². The summed E-state index contributed by atoms with van der Waals surface area (Å²) in [6.07, 6.45) is -5.03. The maximum absolute atomic E-state index is 14.1. The summed E-state index contributed by atoms with van der Waals surface area (Å²) < 4.78 is 18.2. The average Bonchev–Trinajstić information content (AvgIpc) is 3.18. The summed E-state index contributed by atoms with van der Waals surface area (Å²) in [6.45, 7) is 3.23. The summed E-state index contributed by atoms with van der Waals surface area (Å²) in [6, 6.07) is 4.19. The van der Waals surface area contributed by atoms with Gasteiger partial charge in [0.05, 0.1) is 41.3 Å². The van der Waals surface area contributed by atoms with Crippen molar-refractivity contribution in [2.24, 2.45) is 11.3 Å². The first-order valence-electron chi connectivity index (χ1n) is 10.9. The predicted molar refractivity (Wildman–Crippen MR) is 107 cm³/mol. The van der Waals surface area contributed by atoms with Gasteiger partial charge in [-0.1, -0.05) is 12.1 Å². The van der Waals surface area contributed by atoms with Crippen molar-refractivity contribution in [2.45, 2.75) is 69.4 Å². The molecule has 0 saturated carbocycles. The minimum absolute atomic E-state index is 0.00213. The van der Waals surface area contributed by atoms with Crippen molar-refractivity contribution in [3.05, 3.63) is 29.3 Å². The molecular formula is C23H26O9. The van der Waals surface area contributed by atoms with Crippen LogP contribution in [-0.4, -0.2) is 75.6 Å². The third-order valence-corrected chi connectivity index (χ3v) is 7.29. The van der Waals surface area contributed by atoms with Crippen LogP contribution in [0.15, 0.2) is 18.2 Å². The first-order valence-corrected chi connectivity index (χ1v) is 10.9. The zero-order valence-corrected chi connectivity index (χ0v) is 17.8. The number of carbonyl (C=O) groups excluding carboxylic acids is 3. The molecule has 0 amide bonds. The van der Waals surface area contributed by atoms with E-state index in [2.05, 4.69) is 0 Å². The van der Waals surface area contributed by atoms with Gasteiger partial charge in [-0.2, -0.15) is 0 Å². The fourth-order valence-corrected chi connectivity index (χ4v) is 6.26. The molecule has 172 valence electrons. The number of fused-ring (bicyclic) bond motifs is 5. The average molecular weight is 446 g/mol. The van der Waals surface area contributed by atoms with Crippen LogP contribution in [0, 0.1) is 11.3 Å². The lowest BCUT2D eigenvalue weighted by Crippen LogP contribution is -2.76. The van der Waals surface area contributed by atoms with Crippen molar-refractivity contribution >= 4 is 17.3 Å². The van der Waals surface area contributed by atoms with Gasteiger partial charge >= 0.3 is 0 Å². The summed E-state index contributed by atoms with van der Waals surface area (Å²) in [5, 5.41) is 32.2. The van der Waals surface area contributed by atoms with Crippen LogP contribution in [0.25, 0.3) is 0 Å². The highest BCUT2D eigenvalue weighted by atomic mass is 16.7. The van der Waals surface area contributed by atoms with Crippen molar-refractivity contribution < 1.29 is 43.9 Å². The molecule has 3 heterocycles. The number of benzene rings is 1. The van der Waals surface area contributed by atoms with E-state index >= 15 is 0 Å². The molecule has 0 bridgehead atoms. The number of phenolic OH excluding ortho intramolecular Hbond substituents is 1. The molecule has 1 spiro atoms. The number of ether oxygens (including phenoxy) is 3. The van der Waals surface area contributed by atoms with E-state index in [0.29, 0.717) is 6.42 Å². The van der Waals surface area contributed by atoms with E-state index in [0.717, 1.165) is 0 Å². The predicted octanol–water partition coefficient (Wildman–Crippen LogP) is 0.767. The van der Waals surface area contributed by atoms with Gasteiger partial charge in [-0.05, 0) is 26.3 Å². The minimum Gasteiger partial charge on any atom is -0.507 e. The normalized spacial score (nSPS) is 43.0. The molecule has 3 saturated heterocycles. The highest BCUT2D eigenvalue weighted by Gasteiger charge is 2.75. The molecule has 5 rings (SSSR count). The number of hydrogen-bond donors (Lipinski definition) is 3. The number of aliphatic hydroxyl groups is 2. The Labute approximate surface area is 184 Å². The largest absolute Gasteiger partial charge is 0.507 e.